The maximum Gasteiger partial charge on any atom is 0.323 e. The maximum atomic E-state index is 11.8. The highest BCUT2D eigenvalue weighted by atomic mass is 16.5. The summed E-state index contributed by atoms with van der Waals surface area (Å²) in [7, 11) is 0. The number of anilines is 1. The predicted octanol–water partition coefficient (Wildman–Crippen LogP) is 1.64. The Morgan fingerprint density at radius 1 is 1.58 bits per heavy atom. The number of hydrogen-bond acceptors (Lipinski definition) is 4. The van der Waals surface area contributed by atoms with Gasteiger partial charge < -0.3 is 14.9 Å². The van der Waals surface area contributed by atoms with Gasteiger partial charge in [-0.1, -0.05) is 25.9 Å². The van der Waals surface area contributed by atoms with Crippen LogP contribution in [0.25, 0.3) is 0 Å². The van der Waals surface area contributed by atoms with Crippen molar-refractivity contribution >= 4 is 11.8 Å². The number of nitrogens with zero attached hydrogens (tertiary/aromatic N) is 2. The highest BCUT2D eigenvalue weighted by molar-refractivity contribution is 5.94. The number of aliphatic hydroxyl groups excluding tert-OH is 1. The van der Waals surface area contributed by atoms with Gasteiger partial charge in [0.05, 0.1) is 12.6 Å². The van der Waals surface area contributed by atoms with Gasteiger partial charge in [-0.15, -0.1) is 0 Å². The molecule has 1 atom stereocenters. The molecule has 2 rings (SSSR count). The quantitative estimate of drug-likeness (QED) is 0.850. The lowest BCUT2D eigenvalue weighted by Gasteiger charge is -2.22. The minimum Gasteiger partial charge on any atom is -0.394 e. The van der Waals surface area contributed by atoms with Crippen LogP contribution in [-0.2, 0) is 5.41 Å². The van der Waals surface area contributed by atoms with Crippen LogP contribution >= 0.6 is 0 Å². The lowest BCUT2D eigenvalue weighted by molar-refractivity contribution is 0.246. The molecule has 2 amide bonds. The molecule has 0 bridgehead atoms. The molecule has 1 fully saturated rings. The Balaban J connectivity index is 2.28. The average molecular weight is 267 g/mol. The van der Waals surface area contributed by atoms with E-state index in [9.17, 15) is 9.90 Å². The third kappa shape index (κ3) is 2.32. The van der Waals surface area contributed by atoms with Gasteiger partial charge in [0.1, 0.15) is 5.76 Å². The molecule has 1 aromatic rings. The molecule has 0 saturated carbocycles. The van der Waals surface area contributed by atoms with Crippen molar-refractivity contribution < 1.29 is 14.4 Å². The third-order valence-electron chi connectivity index (χ3n) is 4.18. The van der Waals surface area contributed by atoms with Crippen molar-refractivity contribution in [3.05, 3.63) is 11.8 Å². The molecule has 0 aromatic carbocycles. The molecule has 2 heterocycles. The monoisotopic (exact) mass is 267 g/mol. The van der Waals surface area contributed by atoms with Crippen molar-refractivity contribution in [3.63, 3.8) is 0 Å². The lowest BCUT2D eigenvalue weighted by atomic mass is 9.82. The summed E-state index contributed by atoms with van der Waals surface area (Å²) in [5.74, 6) is 1.25. The number of hydrogen-bond donors (Lipinski definition) is 2. The molecule has 6 heteroatoms. The normalized spacial score (nSPS) is 19.9. The van der Waals surface area contributed by atoms with Gasteiger partial charge in [0.15, 0.2) is 5.82 Å². The smallest absolute Gasteiger partial charge is 0.323 e. The fraction of sp³-hybridized carbons (Fsp3) is 0.692. The molecular weight excluding hydrogens is 246 g/mol. The standard InChI is InChI=1S/C13H21N3O3/c1-4-13(3,5-2)10-6-11(15-19-10)16-9(8-17)7-14-12(16)18/h6,9,17H,4-5,7-8H2,1-3H3,(H,14,18). The average Bonchev–Trinajstić information content (AvgIpc) is 3.04. The molecule has 0 radical (unpaired) electrons. The summed E-state index contributed by atoms with van der Waals surface area (Å²) in [6, 6.07) is 1.29. The van der Waals surface area contributed by atoms with Crippen LogP contribution in [-0.4, -0.2) is 35.5 Å². The number of amides is 2. The van der Waals surface area contributed by atoms with Crippen molar-refractivity contribution in [2.24, 2.45) is 0 Å². The van der Waals surface area contributed by atoms with Crippen LogP contribution in [0.3, 0.4) is 0 Å². The van der Waals surface area contributed by atoms with Crippen LogP contribution in [0, 0.1) is 0 Å². The molecule has 19 heavy (non-hydrogen) atoms. The Kier molecular flexibility index (Phi) is 3.80. The molecule has 1 saturated heterocycles. The molecule has 1 unspecified atom stereocenters. The number of carbonyl (C=O) groups is 1. The fourth-order valence-electron chi connectivity index (χ4n) is 2.25. The van der Waals surface area contributed by atoms with Crippen molar-refractivity contribution in [3.8, 4) is 0 Å². The van der Waals surface area contributed by atoms with E-state index in [-0.39, 0.29) is 24.1 Å². The molecule has 0 spiro atoms. The van der Waals surface area contributed by atoms with Gasteiger partial charge in [-0.25, -0.2) is 4.79 Å². The van der Waals surface area contributed by atoms with Crippen LogP contribution in [0.15, 0.2) is 10.6 Å². The van der Waals surface area contributed by atoms with E-state index >= 15 is 0 Å². The van der Waals surface area contributed by atoms with Gasteiger partial charge in [0, 0.05) is 18.0 Å². The largest absolute Gasteiger partial charge is 0.394 e. The molecule has 6 nitrogen and oxygen atoms in total. The van der Waals surface area contributed by atoms with Crippen LogP contribution in [0.2, 0.25) is 0 Å². The number of carbonyl (C=O) groups excluding carboxylic acids is 1. The first-order chi connectivity index (χ1) is 9.05. The predicted molar refractivity (Wildman–Crippen MR) is 71.2 cm³/mol. The maximum absolute atomic E-state index is 11.8. The Labute approximate surface area is 112 Å². The van der Waals surface area contributed by atoms with Crippen molar-refractivity contribution in [2.45, 2.75) is 45.1 Å². The van der Waals surface area contributed by atoms with E-state index in [1.54, 1.807) is 6.07 Å². The zero-order valence-corrected chi connectivity index (χ0v) is 11.6. The molecular formula is C13H21N3O3. The Bertz CT molecular complexity index is 454. The minimum atomic E-state index is -0.278. The van der Waals surface area contributed by atoms with E-state index in [0.29, 0.717) is 12.4 Å². The summed E-state index contributed by atoms with van der Waals surface area (Å²) < 4.78 is 5.41. The number of urea groups is 1. The molecule has 1 aliphatic heterocycles. The van der Waals surface area contributed by atoms with E-state index in [1.165, 1.54) is 4.90 Å². The summed E-state index contributed by atoms with van der Waals surface area (Å²) in [5, 5.41) is 16.0. The summed E-state index contributed by atoms with van der Waals surface area (Å²) >= 11 is 0. The second kappa shape index (κ2) is 5.21. The van der Waals surface area contributed by atoms with Crippen molar-refractivity contribution in [1.29, 1.82) is 0 Å². The molecule has 0 aliphatic carbocycles. The Morgan fingerprint density at radius 3 is 2.84 bits per heavy atom. The van der Waals surface area contributed by atoms with E-state index in [1.807, 2.05) is 0 Å². The SMILES string of the molecule is CCC(C)(CC)c1cc(N2C(=O)NCC2CO)no1. The zero-order chi connectivity index (χ0) is 14.0. The Morgan fingerprint density at radius 2 is 2.26 bits per heavy atom. The first kappa shape index (κ1) is 13.9. The van der Waals surface area contributed by atoms with Crippen LogP contribution in [0.1, 0.15) is 39.4 Å². The number of aliphatic hydroxyl groups is 1. The van der Waals surface area contributed by atoms with Crippen LogP contribution in [0.5, 0.6) is 0 Å². The topological polar surface area (TPSA) is 78.6 Å². The van der Waals surface area contributed by atoms with E-state index in [0.717, 1.165) is 18.6 Å². The summed E-state index contributed by atoms with van der Waals surface area (Å²) in [5.41, 5.74) is -0.0733. The second-order valence-corrected chi connectivity index (χ2v) is 5.21. The van der Waals surface area contributed by atoms with Gasteiger partial charge in [-0.3, -0.25) is 4.90 Å². The van der Waals surface area contributed by atoms with Crippen LogP contribution in [0.4, 0.5) is 10.6 Å². The molecule has 1 aliphatic rings. The van der Waals surface area contributed by atoms with E-state index < -0.39 is 0 Å². The molecule has 1 aromatic heterocycles. The van der Waals surface area contributed by atoms with Gasteiger partial charge in [-0.05, 0) is 12.8 Å². The third-order valence-corrected chi connectivity index (χ3v) is 4.18. The molecule has 106 valence electrons. The fourth-order valence-corrected chi connectivity index (χ4v) is 2.25. The Hall–Kier alpha value is -1.56. The van der Waals surface area contributed by atoms with Crippen molar-refractivity contribution in [1.82, 2.24) is 10.5 Å². The highest BCUT2D eigenvalue weighted by Crippen LogP contribution is 2.33. The first-order valence-corrected chi connectivity index (χ1v) is 6.70. The van der Waals surface area contributed by atoms with Gasteiger partial charge in [0.2, 0.25) is 0 Å². The van der Waals surface area contributed by atoms with Crippen molar-refractivity contribution in [2.75, 3.05) is 18.1 Å². The number of aromatic nitrogens is 1. The van der Waals surface area contributed by atoms with Gasteiger partial charge >= 0.3 is 6.03 Å². The zero-order valence-electron chi connectivity index (χ0n) is 11.6. The van der Waals surface area contributed by atoms with Gasteiger partial charge in [-0.2, -0.15) is 0 Å². The summed E-state index contributed by atoms with van der Waals surface area (Å²) in [4.78, 5) is 13.2. The highest BCUT2D eigenvalue weighted by Gasteiger charge is 2.35. The van der Waals surface area contributed by atoms with Gasteiger partial charge in [0.25, 0.3) is 0 Å². The molecule has 2 N–H and O–H groups in total. The summed E-state index contributed by atoms with van der Waals surface area (Å²) in [6.07, 6.45) is 1.88. The minimum absolute atomic E-state index is 0.0733. The number of rotatable bonds is 5. The van der Waals surface area contributed by atoms with Crippen LogP contribution < -0.4 is 10.2 Å². The lowest BCUT2D eigenvalue weighted by Crippen LogP contribution is -2.36. The second-order valence-electron chi connectivity index (χ2n) is 5.21. The van der Waals surface area contributed by atoms with E-state index in [2.05, 4.69) is 31.2 Å². The summed E-state index contributed by atoms with van der Waals surface area (Å²) in [6.45, 7) is 6.65. The first-order valence-electron chi connectivity index (χ1n) is 6.70. The van der Waals surface area contributed by atoms with E-state index in [4.69, 9.17) is 4.52 Å². The number of nitrogens with one attached hydrogen (secondary N) is 1.